The van der Waals surface area contributed by atoms with E-state index in [0.29, 0.717) is 25.9 Å². The molecule has 1 aromatic heterocycles. The number of nitrogens with zero attached hydrogens (tertiary/aromatic N) is 1. The number of benzene rings is 1. The Morgan fingerprint density at radius 3 is 2.87 bits per heavy atom. The molecule has 0 atom stereocenters. The van der Waals surface area contributed by atoms with E-state index in [1.807, 2.05) is 17.5 Å². The minimum atomic E-state index is -3.52. The average molecular weight is 350 g/mol. The van der Waals surface area contributed by atoms with Gasteiger partial charge in [-0.25, -0.2) is 13.1 Å². The average Bonchev–Trinajstić information content (AvgIpc) is 3.15. The monoisotopic (exact) mass is 350 g/mol. The van der Waals surface area contributed by atoms with Crippen molar-refractivity contribution in [3.63, 3.8) is 0 Å². The van der Waals surface area contributed by atoms with Crippen molar-refractivity contribution in [3.05, 3.63) is 46.2 Å². The predicted octanol–water partition coefficient (Wildman–Crippen LogP) is 2.18. The second kappa shape index (κ2) is 6.43. The van der Waals surface area contributed by atoms with E-state index in [1.165, 1.54) is 6.92 Å². The number of nitrogens with one attached hydrogen (secondary N) is 1. The summed E-state index contributed by atoms with van der Waals surface area (Å²) >= 11 is 1.62. The molecule has 2 aromatic rings. The maximum Gasteiger partial charge on any atom is 0.240 e. The van der Waals surface area contributed by atoms with Crippen molar-refractivity contribution in [1.82, 2.24) is 4.72 Å². The lowest BCUT2D eigenvalue weighted by Gasteiger charge is -2.15. The van der Waals surface area contributed by atoms with Crippen LogP contribution < -0.4 is 9.62 Å². The van der Waals surface area contributed by atoms with Crippen LogP contribution in [0.5, 0.6) is 0 Å². The van der Waals surface area contributed by atoms with E-state index in [0.717, 1.165) is 16.1 Å². The summed E-state index contributed by atoms with van der Waals surface area (Å²) < 4.78 is 27.4. The number of fused-ring (bicyclic) bond motifs is 1. The number of sulfonamides is 1. The van der Waals surface area contributed by atoms with Crippen LogP contribution in [0.2, 0.25) is 0 Å². The lowest BCUT2D eigenvalue weighted by atomic mass is 10.2. The largest absolute Gasteiger partial charge is 0.312 e. The van der Waals surface area contributed by atoms with Crippen LogP contribution in [-0.4, -0.2) is 27.4 Å². The van der Waals surface area contributed by atoms with E-state index < -0.39 is 10.0 Å². The number of thiophene rings is 1. The fourth-order valence-electron chi connectivity index (χ4n) is 2.72. The molecule has 0 aliphatic carbocycles. The molecular weight excluding hydrogens is 332 g/mol. The zero-order chi connectivity index (χ0) is 16.4. The van der Waals surface area contributed by atoms with Crippen LogP contribution in [0, 0.1) is 0 Å². The molecule has 0 fully saturated rings. The summed E-state index contributed by atoms with van der Waals surface area (Å²) in [7, 11) is -3.52. The van der Waals surface area contributed by atoms with Gasteiger partial charge in [0, 0.05) is 30.6 Å². The summed E-state index contributed by atoms with van der Waals surface area (Å²) in [5.41, 5.74) is 1.72. The highest BCUT2D eigenvalue weighted by Gasteiger charge is 2.24. The van der Waals surface area contributed by atoms with Gasteiger partial charge in [-0.2, -0.15) is 0 Å². The van der Waals surface area contributed by atoms with Crippen molar-refractivity contribution >= 4 is 33.0 Å². The Morgan fingerprint density at radius 2 is 2.17 bits per heavy atom. The fraction of sp³-hybridized carbons (Fsp3) is 0.312. The molecule has 0 spiro atoms. The van der Waals surface area contributed by atoms with Gasteiger partial charge in [0.1, 0.15) is 0 Å². The van der Waals surface area contributed by atoms with Crippen molar-refractivity contribution in [2.24, 2.45) is 0 Å². The minimum absolute atomic E-state index is 0.0200. The first-order valence-electron chi connectivity index (χ1n) is 7.40. The second-order valence-corrected chi connectivity index (χ2v) is 8.24. The Morgan fingerprint density at radius 1 is 1.35 bits per heavy atom. The first kappa shape index (κ1) is 16.2. The minimum Gasteiger partial charge on any atom is -0.312 e. The third-order valence-electron chi connectivity index (χ3n) is 3.88. The van der Waals surface area contributed by atoms with Gasteiger partial charge >= 0.3 is 0 Å². The smallest absolute Gasteiger partial charge is 0.240 e. The van der Waals surface area contributed by atoms with Gasteiger partial charge in [0.05, 0.1) is 4.90 Å². The number of hydrogen-bond donors (Lipinski definition) is 1. The second-order valence-electron chi connectivity index (χ2n) is 5.44. The molecule has 0 saturated heterocycles. The quantitative estimate of drug-likeness (QED) is 0.899. The molecule has 2 heterocycles. The van der Waals surface area contributed by atoms with Crippen LogP contribution in [0.4, 0.5) is 5.69 Å². The van der Waals surface area contributed by atoms with E-state index in [2.05, 4.69) is 4.72 Å². The normalized spacial score (nSPS) is 14.0. The third-order valence-corrected chi connectivity index (χ3v) is 6.28. The Bertz CT molecular complexity index is 814. The molecule has 23 heavy (non-hydrogen) atoms. The number of rotatable bonds is 5. The molecular formula is C16H18N2O3S2. The summed E-state index contributed by atoms with van der Waals surface area (Å²) in [6, 6.07) is 8.90. The molecule has 0 unspecified atom stereocenters. The number of carbonyl (C=O) groups excluding carboxylic acids is 1. The van der Waals surface area contributed by atoms with E-state index in [-0.39, 0.29) is 10.8 Å². The lowest BCUT2D eigenvalue weighted by molar-refractivity contribution is -0.116. The molecule has 1 N–H and O–H groups in total. The zero-order valence-corrected chi connectivity index (χ0v) is 14.4. The zero-order valence-electron chi connectivity index (χ0n) is 12.8. The van der Waals surface area contributed by atoms with Gasteiger partial charge in [0.15, 0.2) is 0 Å². The Hall–Kier alpha value is -1.70. The first-order valence-corrected chi connectivity index (χ1v) is 9.77. The Balaban J connectivity index is 1.72. The number of anilines is 1. The Kier molecular flexibility index (Phi) is 4.52. The third kappa shape index (κ3) is 3.46. The lowest BCUT2D eigenvalue weighted by Crippen LogP contribution is -2.26. The molecule has 1 aliphatic heterocycles. The van der Waals surface area contributed by atoms with Crippen LogP contribution >= 0.6 is 11.3 Å². The van der Waals surface area contributed by atoms with E-state index in [9.17, 15) is 13.2 Å². The molecule has 1 aromatic carbocycles. The molecule has 1 amide bonds. The molecule has 0 radical (unpaired) electrons. The SMILES string of the molecule is CC(=O)N1CCc2cc(S(=O)(=O)NCCc3cccs3)ccc21. The van der Waals surface area contributed by atoms with Crippen molar-refractivity contribution in [2.45, 2.75) is 24.7 Å². The van der Waals surface area contributed by atoms with Crippen LogP contribution in [-0.2, 0) is 27.7 Å². The standard InChI is InChI=1S/C16H18N2O3S2/c1-12(19)18-9-7-13-11-15(4-5-16(13)18)23(20,21)17-8-6-14-3-2-10-22-14/h2-5,10-11,17H,6-9H2,1H3. The summed E-state index contributed by atoms with van der Waals surface area (Å²) in [6.07, 6.45) is 1.37. The molecule has 7 heteroatoms. The van der Waals surface area contributed by atoms with Crippen molar-refractivity contribution in [1.29, 1.82) is 0 Å². The van der Waals surface area contributed by atoms with E-state index in [1.54, 1.807) is 34.4 Å². The van der Waals surface area contributed by atoms with Crippen molar-refractivity contribution in [3.8, 4) is 0 Å². The molecule has 1 aliphatic rings. The topological polar surface area (TPSA) is 66.5 Å². The van der Waals surface area contributed by atoms with Crippen LogP contribution in [0.25, 0.3) is 0 Å². The van der Waals surface area contributed by atoms with Gasteiger partial charge in [-0.1, -0.05) is 6.07 Å². The van der Waals surface area contributed by atoms with Gasteiger partial charge in [0.25, 0.3) is 0 Å². The maximum atomic E-state index is 12.4. The van der Waals surface area contributed by atoms with Crippen LogP contribution in [0.15, 0.2) is 40.6 Å². The van der Waals surface area contributed by atoms with Crippen molar-refractivity contribution in [2.75, 3.05) is 18.0 Å². The molecule has 0 saturated carbocycles. The highest BCUT2D eigenvalue weighted by molar-refractivity contribution is 7.89. The summed E-state index contributed by atoms with van der Waals surface area (Å²) in [5, 5.41) is 1.98. The van der Waals surface area contributed by atoms with Crippen molar-refractivity contribution < 1.29 is 13.2 Å². The number of amides is 1. The summed E-state index contributed by atoms with van der Waals surface area (Å²) in [6.45, 7) is 2.51. The Labute approximate surface area is 140 Å². The molecule has 122 valence electrons. The highest BCUT2D eigenvalue weighted by Crippen LogP contribution is 2.30. The van der Waals surface area contributed by atoms with E-state index in [4.69, 9.17) is 0 Å². The maximum absolute atomic E-state index is 12.4. The fourth-order valence-corrected chi connectivity index (χ4v) is 4.51. The number of hydrogen-bond acceptors (Lipinski definition) is 4. The molecule has 3 rings (SSSR count). The number of carbonyl (C=O) groups is 1. The van der Waals surface area contributed by atoms with Gasteiger partial charge in [0.2, 0.25) is 15.9 Å². The van der Waals surface area contributed by atoms with Gasteiger partial charge in [-0.15, -0.1) is 11.3 Å². The molecule has 0 bridgehead atoms. The van der Waals surface area contributed by atoms with Crippen LogP contribution in [0.1, 0.15) is 17.4 Å². The first-order chi connectivity index (χ1) is 11.0. The highest BCUT2D eigenvalue weighted by atomic mass is 32.2. The summed E-state index contributed by atoms with van der Waals surface area (Å²) in [4.78, 5) is 14.6. The van der Waals surface area contributed by atoms with Crippen LogP contribution in [0.3, 0.4) is 0 Å². The van der Waals surface area contributed by atoms with Gasteiger partial charge in [-0.3, -0.25) is 4.79 Å². The van der Waals surface area contributed by atoms with Gasteiger partial charge < -0.3 is 4.90 Å². The van der Waals surface area contributed by atoms with Gasteiger partial charge in [-0.05, 0) is 48.1 Å². The molecule has 5 nitrogen and oxygen atoms in total. The van der Waals surface area contributed by atoms with E-state index >= 15 is 0 Å². The summed E-state index contributed by atoms with van der Waals surface area (Å²) in [5.74, 6) is -0.0200. The predicted molar refractivity (Wildman–Crippen MR) is 91.4 cm³/mol.